The smallest absolute Gasteiger partial charge is 0.248 e. The first-order chi connectivity index (χ1) is 13.0. The molecule has 27 heavy (non-hydrogen) atoms. The zero-order chi connectivity index (χ0) is 19.2. The van der Waals surface area contributed by atoms with Crippen LogP contribution in [0.2, 0.25) is 5.02 Å². The van der Waals surface area contributed by atoms with E-state index in [0.29, 0.717) is 34.9 Å². The van der Waals surface area contributed by atoms with Gasteiger partial charge in [-0.1, -0.05) is 35.9 Å². The van der Waals surface area contributed by atoms with Crippen molar-refractivity contribution in [1.82, 2.24) is 25.5 Å². The van der Waals surface area contributed by atoms with E-state index in [1.54, 1.807) is 24.3 Å². The molecule has 0 fully saturated rings. The average Bonchev–Trinajstić information content (AvgIpc) is 3.12. The fraction of sp³-hybridized carbons (Fsp3) is 0.167. The van der Waals surface area contributed by atoms with Crippen LogP contribution in [0, 0.1) is 0 Å². The molecule has 0 atom stereocenters. The predicted molar refractivity (Wildman–Crippen MR) is 99.9 cm³/mol. The van der Waals surface area contributed by atoms with E-state index >= 15 is 0 Å². The van der Waals surface area contributed by atoms with Gasteiger partial charge in [-0.15, -0.1) is 10.2 Å². The third-order valence-corrected chi connectivity index (χ3v) is 4.07. The number of amides is 2. The summed E-state index contributed by atoms with van der Waals surface area (Å²) in [6.07, 6.45) is 0.700. The molecule has 2 aromatic carbocycles. The highest BCUT2D eigenvalue weighted by atomic mass is 35.5. The third kappa shape index (κ3) is 5.11. The van der Waals surface area contributed by atoms with Crippen LogP contribution in [0.5, 0.6) is 0 Å². The lowest BCUT2D eigenvalue weighted by molar-refractivity contribution is -0.122. The lowest BCUT2D eigenvalue weighted by Gasteiger charge is -2.04. The number of rotatable bonds is 7. The molecule has 1 aromatic heterocycles. The van der Waals surface area contributed by atoms with Crippen molar-refractivity contribution in [3.05, 3.63) is 64.7 Å². The lowest BCUT2D eigenvalue weighted by atomic mass is 10.1. The normalized spacial score (nSPS) is 10.6. The second kappa shape index (κ2) is 8.41. The van der Waals surface area contributed by atoms with Crippen molar-refractivity contribution >= 4 is 23.4 Å². The molecule has 138 valence electrons. The SMILES string of the molecule is NC(=O)c1ccc(-c2nnn(CC(=O)NCCc3ccc(Cl)cc3)n2)cc1. The maximum absolute atomic E-state index is 12.0. The van der Waals surface area contributed by atoms with E-state index < -0.39 is 5.91 Å². The van der Waals surface area contributed by atoms with E-state index in [2.05, 4.69) is 20.7 Å². The van der Waals surface area contributed by atoms with Crippen LogP contribution in [0.4, 0.5) is 0 Å². The lowest BCUT2D eigenvalue weighted by Crippen LogP contribution is -2.30. The number of hydrogen-bond acceptors (Lipinski definition) is 5. The number of nitrogens with two attached hydrogens (primary N) is 1. The molecule has 0 aliphatic heterocycles. The summed E-state index contributed by atoms with van der Waals surface area (Å²) in [7, 11) is 0. The number of hydrogen-bond donors (Lipinski definition) is 2. The molecule has 3 aromatic rings. The molecule has 2 amide bonds. The van der Waals surface area contributed by atoms with Crippen molar-refractivity contribution in [2.24, 2.45) is 5.73 Å². The molecule has 0 saturated carbocycles. The minimum Gasteiger partial charge on any atom is -0.366 e. The summed E-state index contributed by atoms with van der Waals surface area (Å²) in [6.45, 7) is 0.462. The van der Waals surface area contributed by atoms with Gasteiger partial charge in [-0.05, 0) is 41.5 Å². The Morgan fingerprint density at radius 2 is 1.78 bits per heavy atom. The van der Waals surface area contributed by atoms with Gasteiger partial charge in [-0.2, -0.15) is 4.80 Å². The van der Waals surface area contributed by atoms with Gasteiger partial charge in [0.2, 0.25) is 17.6 Å². The fourth-order valence-electron chi connectivity index (χ4n) is 2.39. The van der Waals surface area contributed by atoms with Gasteiger partial charge in [-0.3, -0.25) is 9.59 Å². The maximum atomic E-state index is 12.0. The topological polar surface area (TPSA) is 116 Å². The van der Waals surface area contributed by atoms with Crippen molar-refractivity contribution in [2.75, 3.05) is 6.54 Å². The van der Waals surface area contributed by atoms with Gasteiger partial charge >= 0.3 is 0 Å². The molecule has 3 N–H and O–H groups in total. The monoisotopic (exact) mass is 384 g/mol. The van der Waals surface area contributed by atoms with E-state index in [0.717, 1.165) is 5.56 Å². The molecular formula is C18H17ClN6O2. The first kappa shape index (κ1) is 18.5. The van der Waals surface area contributed by atoms with Gasteiger partial charge in [0.25, 0.3) is 0 Å². The van der Waals surface area contributed by atoms with Gasteiger partial charge in [0.05, 0.1) is 0 Å². The van der Waals surface area contributed by atoms with Crippen LogP contribution < -0.4 is 11.1 Å². The van der Waals surface area contributed by atoms with Crippen molar-refractivity contribution in [3.63, 3.8) is 0 Å². The maximum Gasteiger partial charge on any atom is 0.248 e. The summed E-state index contributed by atoms with van der Waals surface area (Å²) in [5.41, 5.74) is 7.36. The van der Waals surface area contributed by atoms with Gasteiger partial charge in [0.15, 0.2) is 0 Å². The molecule has 0 bridgehead atoms. The first-order valence-corrected chi connectivity index (χ1v) is 8.58. The molecule has 0 aliphatic carbocycles. The van der Waals surface area contributed by atoms with Crippen LogP contribution in [0.3, 0.4) is 0 Å². The average molecular weight is 385 g/mol. The Morgan fingerprint density at radius 3 is 2.44 bits per heavy atom. The number of nitrogens with one attached hydrogen (secondary N) is 1. The molecule has 0 spiro atoms. The largest absolute Gasteiger partial charge is 0.366 e. The van der Waals surface area contributed by atoms with Crippen molar-refractivity contribution < 1.29 is 9.59 Å². The molecule has 8 nitrogen and oxygen atoms in total. The standard InChI is InChI=1S/C18H17ClN6O2/c19-15-7-1-12(2-8-15)9-10-21-16(26)11-25-23-18(22-24-25)14-5-3-13(4-6-14)17(20)27/h1-8H,9-11H2,(H2,20,27)(H,21,26). The van der Waals surface area contributed by atoms with Crippen molar-refractivity contribution in [3.8, 4) is 11.4 Å². The van der Waals surface area contributed by atoms with E-state index in [1.165, 1.54) is 4.80 Å². The number of tetrazole rings is 1. The number of benzene rings is 2. The highest BCUT2D eigenvalue weighted by Gasteiger charge is 2.10. The Morgan fingerprint density at radius 1 is 1.07 bits per heavy atom. The number of halogens is 1. The highest BCUT2D eigenvalue weighted by Crippen LogP contribution is 2.14. The number of nitrogens with zero attached hydrogens (tertiary/aromatic N) is 4. The second-order valence-electron chi connectivity index (χ2n) is 5.81. The Kier molecular flexibility index (Phi) is 5.77. The van der Waals surface area contributed by atoms with E-state index in [1.807, 2.05) is 24.3 Å². The van der Waals surface area contributed by atoms with Crippen molar-refractivity contribution in [1.29, 1.82) is 0 Å². The van der Waals surface area contributed by atoms with Crippen LogP contribution >= 0.6 is 11.6 Å². The second-order valence-corrected chi connectivity index (χ2v) is 6.25. The summed E-state index contributed by atoms with van der Waals surface area (Å²) >= 11 is 5.84. The number of aromatic nitrogens is 4. The molecule has 0 saturated heterocycles. The van der Waals surface area contributed by atoms with Gasteiger partial charge < -0.3 is 11.1 Å². The highest BCUT2D eigenvalue weighted by molar-refractivity contribution is 6.30. The van der Waals surface area contributed by atoms with Crippen LogP contribution in [0.15, 0.2) is 48.5 Å². The Bertz CT molecular complexity index is 937. The summed E-state index contributed by atoms with van der Waals surface area (Å²) in [5.74, 6) is -0.356. The minimum absolute atomic E-state index is 0.0347. The molecule has 0 aliphatic rings. The Labute approximate surface area is 160 Å². The third-order valence-electron chi connectivity index (χ3n) is 3.81. The Hall–Kier alpha value is -3.26. The molecule has 1 heterocycles. The summed E-state index contributed by atoms with van der Waals surface area (Å²) in [5, 5.41) is 15.5. The van der Waals surface area contributed by atoms with E-state index in [4.69, 9.17) is 17.3 Å². The quantitative estimate of drug-likeness (QED) is 0.639. The zero-order valence-electron chi connectivity index (χ0n) is 14.3. The number of primary amides is 1. The van der Waals surface area contributed by atoms with Crippen LogP contribution in [0.1, 0.15) is 15.9 Å². The van der Waals surface area contributed by atoms with E-state index in [9.17, 15) is 9.59 Å². The van der Waals surface area contributed by atoms with Crippen LogP contribution in [-0.4, -0.2) is 38.6 Å². The summed E-state index contributed by atoms with van der Waals surface area (Å²) in [4.78, 5) is 24.3. The molecule has 9 heteroatoms. The predicted octanol–water partition coefficient (Wildman–Crippen LogP) is 1.45. The fourth-order valence-corrected chi connectivity index (χ4v) is 2.52. The Balaban J connectivity index is 1.51. The summed E-state index contributed by atoms with van der Waals surface area (Å²) < 4.78 is 0. The van der Waals surface area contributed by atoms with Gasteiger partial charge in [0, 0.05) is 22.7 Å². The molecule has 0 radical (unpaired) electrons. The van der Waals surface area contributed by atoms with Crippen LogP contribution in [0.25, 0.3) is 11.4 Å². The minimum atomic E-state index is -0.506. The van der Waals surface area contributed by atoms with Gasteiger partial charge in [-0.25, -0.2) is 0 Å². The van der Waals surface area contributed by atoms with Crippen molar-refractivity contribution in [2.45, 2.75) is 13.0 Å². The molecule has 3 rings (SSSR count). The van der Waals surface area contributed by atoms with E-state index in [-0.39, 0.29) is 12.5 Å². The first-order valence-electron chi connectivity index (χ1n) is 8.20. The molecule has 0 unspecified atom stereocenters. The molecular weight excluding hydrogens is 368 g/mol. The number of carbonyl (C=O) groups excluding carboxylic acids is 2. The number of carbonyl (C=O) groups is 2. The summed E-state index contributed by atoms with van der Waals surface area (Å²) in [6, 6.07) is 14.0. The zero-order valence-corrected chi connectivity index (χ0v) is 15.1. The van der Waals surface area contributed by atoms with Crippen LogP contribution in [-0.2, 0) is 17.8 Å². The van der Waals surface area contributed by atoms with Gasteiger partial charge in [0.1, 0.15) is 6.54 Å².